The van der Waals surface area contributed by atoms with Crippen LogP contribution in [0.4, 0.5) is 0 Å². The number of amides is 1. The van der Waals surface area contributed by atoms with Gasteiger partial charge in [-0.3, -0.25) is 9.69 Å². The van der Waals surface area contributed by atoms with E-state index in [4.69, 9.17) is 0 Å². The maximum atomic E-state index is 12.6. The van der Waals surface area contributed by atoms with E-state index in [1.807, 2.05) is 26.0 Å². The summed E-state index contributed by atoms with van der Waals surface area (Å²) in [5.74, 6) is 2.76. The van der Waals surface area contributed by atoms with Crippen LogP contribution < -0.4 is 5.32 Å². The van der Waals surface area contributed by atoms with Crippen LogP contribution in [0.25, 0.3) is 5.57 Å². The molecule has 1 aromatic rings. The zero-order valence-corrected chi connectivity index (χ0v) is 33.8. The number of carbonyl (C=O) groups is 2. The molecule has 0 aromatic heterocycles. The lowest BCUT2D eigenvalue weighted by Gasteiger charge is -2.72. The monoisotopic (exact) mass is 712 g/mol. The standard InChI is InChI=1S/C46H69N3O3/c1-30(2)34-16-21-46(47-24-25-48-26-28-49(29-27-48)40(50)31(3)4)23-22-44(8)36(39(34)46)14-15-38-43(7)19-17-35(32-10-12-33(13-11-32)41(51)52)42(5,6)37(43)18-20-45(38,44)9/h10-13,17,31,34,36-39,47H,1,14-16,18-29H2,2-9H3,(H,51,52)/t34-,36+,37-,38+,39+,43-,44+,45+,46-/m0/s1. The Morgan fingerprint density at radius 2 is 1.58 bits per heavy atom. The largest absolute Gasteiger partial charge is 0.478 e. The molecule has 2 N–H and O–H groups in total. The van der Waals surface area contributed by atoms with Gasteiger partial charge in [0, 0.05) is 50.7 Å². The fraction of sp³-hybridized carbons (Fsp3) is 0.739. The molecule has 7 rings (SSSR count). The minimum Gasteiger partial charge on any atom is -0.478 e. The van der Waals surface area contributed by atoms with Crippen LogP contribution in [-0.4, -0.2) is 71.6 Å². The second-order valence-corrected chi connectivity index (χ2v) is 20.0. The summed E-state index contributed by atoms with van der Waals surface area (Å²) in [6, 6.07) is 7.63. The number of aromatic carboxylic acids is 1. The molecule has 0 radical (unpaired) electrons. The van der Waals surface area contributed by atoms with E-state index < -0.39 is 5.97 Å². The molecular weight excluding hydrogens is 643 g/mol. The molecule has 0 unspecified atom stereocenters. The van der Waals surface area contributed by atoms with Gasteiger partial charge in [0.25, 0.3) is 0 Å². The van der Waals surface area contributed by atoms with E-state index in [0.717, 1.165) is 45.7 Å². The number of allylic oxidation sites excluding steroid dienone is 3. The van der Waals surface area contributed by atoms with Crippen molar-refractivity contribution in [2.75, 3.05) is 39.3 Å². The van der Waals surface area contributed by atoms with Gasteiger partial charge in [0.2, 0.25) is 5.91 Å². The lowest BCUT2D eigenvalue weighted by atomic mass is 9.33. The van der Waals surface area contributed by atoms with Crippen molar-refractivity contribution in [3.63, 3.8) is 0 Å². The molecule has 52 heavy (non-hydrogen) atoms. The summed E-state index contributed by atoms with van der Waals surface area (Å²) in [5, 5.41) is 13.8. The van der Waals surface area contributed by atoms with Crippen LogP contribution in [0.3, 0.4) is 0 Å². The summed E-state index contributed by atoms with van der Waals surface area (Å²) in [6.07, 6.45) is 14.0. The summed E-state index contributed by atoms with van der Waals surface area (Å²) < 4.78 is 0. The number of carbonyl (C=O) groups excluding carboxylic acids is 1. The maximum absolute atomic E-state index is 12.6. The first kappa shape index (κ1) is 37.9. The van der Waals surface area contributed by atoms with Crippen LogP contribution >= 0.6 is 0 Å². The van der Waals surface area contributed by atoms with Crippen LogP contribution in [0, 0.1) is 57.2 Å². The van der Waals surface area contributed by atoms with E-state index in [9.17, 15) is 14.7 Å². The maximum Gasteiger partial charge on any atom is 0.335 e. The first-order valence-corrected chi connectivity index (χ1v) is 20.9. The molecule has 5 fully saturated rings. The van der Waals surface area contributed by atoms with E-state index in [1.165, 1.54) is 68.1 Å². The molecule has 1 aliphatic heterocycles. The molecule has 6 aliphatic rings. The van der Waals surface area contributed by atoms with E-state index in [0.29, 0.717) is 51.9 Å². The number of benzene rings is 1. The lowest BCUT2D eigenvalue weighted by molar-refractivity contribution is -0.219. The highest BCUT2D eigenvalue weighted by Crippen LogP contribution is 2.76. The molecule has 9 atom stereocenters. The van der Waals surface area contributed by atoms with Crippen molar-refractivity contribution in [3.8, 4) is 0 Å². The lowest BCUT2D eigenvalue weighted by Crippen LogP contribution is -2.68. The van der Waals surface area contributed by atoms with Gasteiger partial charge in [-0.1, -0.05) is 78.8 Å². The smallest absolute Gasteiger partial charge is 0.335 e. The zero-order valence-electron chi connectivity index (χ0n) is 33.8. The molecule has 6 heteroatoms. The molecule has 5 aliphatic carbocycles. The Labute approximate surface area is 315 Å². The normalized spacial score (nSPS) is 39.9. The number of hydrogen-bond donors (Lipinski definition) is 2. The predicted octanol–water partition coefficient (Wildman–Crippen LogP) is 9.18. The minimum atomic E-state index is -0.861. The molecule has 1 heterocycles. The number of rotatable bonds is 8. The van der Waals surface area contributed by atoms with Crippen molar-refractivity contribution in [2.24, 2.45) is 57.2 Å². The molecular formula is C46H69N3O3. The quantitative estimate of drug-likeness (QED) is 0.263. The van der Waals surface area contributed by atoms with Crippen LogP contribution in [0.1, 0.15) is 129 Å². The van der Waals surface area contributed by atoms with Crippen LogP contribution in [0.5, 0.6) is 0 Å². The topological polar surface area (TPSA) is 72.9 Å². The number of carboxylic acid groups (broad SMARTS) is 1. The highest BCUT2D eigenvalue weighted by molar-refractivity contribution is 5.88. The van der Waals surface area contributed by atoms with E-state index in [-0.39, 0.29) is 22.3 Å². The van der Waals surface area contributed by atoms with Crippen molar-refractivity contribution in [1.29, 1.82) is 0 Å². The Morgan fingerprint density at radius 3 is 2.21 bits per heavy atom. The summed E-state index contributed by atoms with van der Waals surface area (Å²) in [5.41, 5.74) is 5.43. The molecule has 6 nitrogen and oxygen atoms in total. The molecule has 4 saturated carbocycles. The molecule has 1 saturated heterocycles. The Morgan fingerprint density at radius 1 is 0.885 bits per heavy atom. The number of hydrogen-bond acceptors (Lipinski definition) is 4. The number of piperazine rings is 1. The SMILES string of the molecule is C=C(C)[C@@H]1CC[C@]2(NCCN3CCN(C(=O)C(C)C)CC3)CC[C@]3(C)[C@H](CC[C@@H]4[C@@]5(C)CC=C(c6ccc(C(=O)O)cc6)C(C)(C)[C@@H]5CC[C@]43C)[C@@H]12. The fourth-order valence-corrected chi connectivity index (χ4v) is 14.4. The molecule has 1 amide bonds. The molecule has 286 valence electrons. The highest BCUT2D eigenvalue weighted by atomic mass is 16.4. The van der Waals surface area contributed by atoms with Crippen molar-refractivity contribution in [1.82, 2.24) is 15.1 Å². The average molecular weight is 712 g/mol. The molecule has 1 aromatic carbocycles. The van der Waals surface area contributed by atoms with Gasteiger partial charge in [-0.25, -0.2) is 4.79 Å². The summed E-state index contributed by atoms with van der Waals surface area (Å²) in [4.78, 5) is 28.8. The van der Waals surface area contributed by atoms with Gasteiger partial charge in [-0.2, -0.15) is 0 Å². The van der Waals surface area contributed by atoms with Gasteiger partial charge >= 0.3 is 5.97 Å². The minimum absolute atomic E-state index is 0.0234. The van der Waals surface area contributed by atoms with Gasteiger partial charge < -0.3 is 15.3 Å². The first-order valence-electron chi connectivity index (χ1n) is 20.9. The number of nitrogens with zero attached hydrogens (tertiary/aromatic N) is 2. The second-order valence-electron chi connectivity index (χ2n) is 20.0. The van der Waals surface area contributed by atoms with Gasteiger partial charge in [0.15, 0.2) is 0 Å². The van der Waals surface area contributed by atoms with Gasteiger partial charge in [-0.05, 0) is 139 Å². The Balaban J connectivity index is 1.10. The third-order valence-electron chi connectivity index (χ3n) is 17.2. The molecule has 0 spiro atoms. The van der Waals surface area contributed by atoms with E-state index in [1.54, 1.807) is 12.1 Å². The Bertz CT molecular complexity index is 1590. The average Bonchev–Trinajstić information content (AvgIpc) is 3.48. The van der Waals surface area contributed by atoms with Gasteiger partial charge in [0.1, 0.15) is 0 Å². The van der Waals surface area contributed by atoms with Gasteiger partial charge in [0.05, 0.1) is 5.56 Å². The zero-order chi connectivity index (χ0) is 37.4. The third-order valence-corrected chi connectivity index (χ3v) is 17.2. The van der Waals surface area contributed by atoms with Crippen LogP contribution in [0.2, 0.25) is 0 Å². The number of nitrogens with one attached hydrogen (secondary N) is 1. The Kier molecular flexibility index (Phi) is 9.75. The van der Waals surface area contributed by atoms with Crippen LogP contribution in [0.15, 0.2) is 42.5 Å². The third kappa shape index (κ3) is 5.78. The fourth-order valence-electron chi connectivity index (χ4n) is 14.4. The van der Waals surface area contributed by atoms with Crippen molar-refractivity contribution >= 4 is 17.4 Å². The Hall–Kier alpha value is -2.44. The second kappa shape index (κ2) is 13.4. The summed E-state index contributed by atoms with van der Waals surface area (Å²) >= 11 is 0. The van der Waals surface area contributed by atoms with Gasteiger partial charge in [-0.15, -0.1) is 0 Å². The predicted molar refractivity (Wildman–Crippen MR) is 212 cm³/mol. The van der Waals surface area contributed by atoms with E-state index in [2.05, 4.69) is 69.3 Å². The molecule has 0 bridgehead atoms. The number of fused-ring (bicyclic) bond motifs is 7. The van der Waals surface area contributed by atoms with Crippen molar-refractivity contribution in [3.05, 3.63) is 53.6 Å². The van der Waals surface area contributed by atoms with Crippen LogP contribution in [-0.2, 0) is 4.79 Å². The van der Waals surface area contributed by atoms with Crippen molar-refractivity contribution in [2.45, 2.75) is 119 Å². The van der Waals surface area contributed by atoms with E-state index >= 15 is 0 Å². The van der Waals surface area contributed by atoms with Crippen molar-refractivity contribution < 1.29 is 14.7 Å². The summed E-state index contributed by atoms with van der Waals surface area (Å²) in [6.45, 7) is 29.8. The number of carboxylic acids is 1. The first-order chi connectivity index (χ1) is 24.5. The summed E-state index contributed by atoms with van der Waals surface area (Å²) in [7, 11) is 0. The highest BCUT2D eigenvalue weighted by Gasteiger charge is 2.70.